The number of aromatic nitrogens is 3. The zero-order valence-electron chi connectivity index (χ0n) is 13.9. The van der Waals surface area contributed by atoms with Crippen molar-refractivity contribution in [3.05, 3.63) is 60.7 Å². The number of rotatable bonds is 6. The molecule has 0 aliphatic rings. The van der Waals surface area contributed by atoms with Gasteiger partial charge in [0.25, 0.3) is 5.91 Å². The van der Waals surface area contributed by atoms with Crippen LogP contribution < -0.4 is 26.6 Å². The number of benzene rings is 1. The molecule has 26 heavy (non-hydrogen) atoms. The third-order valence-corrected chi connectivity index (χ3v) is 3.45. The maximum atomic E-state index is 12.1. The van der Waals surface area contributed by atoms with Gasteiger partial charge in [0.2, 0.25) is 0 Å². The molecule has 3 aromatic rings. The van der Waals surface area contributed by atoms with E-state index >= 15 is 0 Å². The number of pyridine rings is 1. The van der Waals surface area contributed by atoms with Crippen molar-refractivity contribution in [1.82, 2.24) is 20.4 Å². The molecule has 0 aliphatic carbocycles. The van der Waals surface area contributed by atoms with E-state index in [1.165, 1.54) is 18.7 Å². The zero-order valence-corrected chi connectivity index (χ0v) is 13.9. The second-order valence-corrected chi connectivity index (χ2v) is 5.16. The molecule has 0 unspecified atom stereocenters. The Hall–Kier alpha value is -3.88. The quantitative estimate of drug-likeness (QED) is 0.496. The van der Waals surface area contributed by atoms with Gasteiger partial charge >= 0.3 is 0 Å². The molecule has 2 aromatic heterocycles. The Kier molecular flexibility index (Phi) is 5.08. The molecule has 5 N–H and O–H groups in total. The van der Waals surface area contributed by atoms with E-state index in [-0.39, 0.29) is 17.4 Å². The highest BCUT2D eigenvalue weighted by Crippen LogP contribution is 2.26. The van der Waals surface area contributed by atoms with Crippen molar-refractivity contribution in [3.63, 3.8) is 0 Å². The number of hydrazine groups is 1. The van der Waals surface area contributed by atoms with Crippen LogP contribution in [-0.2, 0) is 0 Å². The Bertz CT molecular complexity index is 903. The van der Waals surface area contributed by atoms with E-state index in [1.54, 1.807) is 25.3 Å². The number of amides is 1. The van der Waals surface area contributed by atoms with Crippen molar-refractivity contribution in [1.29, 1.82) is 0 Å². The Balaban J connectivity index is 1.71. The van der Waals surface area contributed by atoms with Gasteiger partial charge in [0.05, 0.1) is 7.11 Å². The average Bonchev–Trinajstić information content (AvgIpc) is 2.69. The van der Waals surface area contributed by atoms with Gasteiger partial charge < -0.3 is 15.8 Å². The minimum atomic E-state index is -0.340. The van der Waals surface area contributed by atoms with E-state index in [1.807, 2.05) is 18.2 Å². The van der Waals surface area contributed by atoms with Crippen molar-refractivity contribution in [2.75, 3.05) is 23.6 Å². The van der Waals surface area contributed by atoms with Crippen LogP contribution in [0.25, 0.3) is 0 Å². The molecule has 0 radical (unpaired) electrons. The fourth-order valence-corrected chi connectivity index (χ4v) is 2.12. The van der Waals surface area contributed by atoms with Crippen molar-refractivity contribution in [2.45, 2.75) is 0 Å². The number of carbonyl (C=O) groups excluding carboxylic acids is 1. The number of anilines is 4. The van der Waals surface area contributed by atoms with Gasteiger partial charge in [0, 0.05) is 29.7 Å². The van der Waals surface area contributed by atoms with Crippen molar-refractivity contribution in [2.24, 2.45) is 0 Å². The first-order valence-electron chi connectivity index (χ1n) is 7.65. The minimum absolute atomic E-state index is 0.255. The molecule has 1 amide bonds. The van der Waals surface area contributed by atoms with Crippen LogP contribution in [0.2, 0.25) is 0 Å². The summed E-state index contributed by atoms with van der Waals surface area (Å²) in [5, 5.41) is 3.09. The summed E-state index contributed by atoms with van der Waals surface area (Å²) in [6, 6.07) is 10.5. The van der Waals surface area contributed by atoms with Crippen LogP contribution in [0.5, 0.6) is 5.75 Å². The third kappa shape index (κ3) is 3.96. The maximum absolute atomic E-state index is 12.1. The normalized spacial score (nSPS) is 10.0. The molecule has 0 spiro atoms. The fraction of sp³-hybridized carbons (Fsp3) is 0.0588. The molecule has 0 atom stereocenters. The molecule has 1 aromatic carbocycles. The third-order valence-electron chi connectivity index (χ3n) is 3.45. The van der Waals surface area contributed by atoms with Gasteiger partial charge in [-0.1, -0.05) is 6.07 Å². The van der Waals surface area contributed by atoms with E-state index in [4.69, 9.17) is 10.5 Å². The predicted molar refractivity (Wildman–Crippen MR) is 98.0 cm³/mol. The van der Waals surface area contributed by atoms with Gasteiger partial charge in [-0.25, -0.2) is 9.97 Å². The summed E-state index contributed by atoms with van der Waals surface area (Å²) in [5.74, 6) is 1.03. The number of carbonyl (C=O) groups is 1. The number of nitrogen functional groups attached to an aromatic ring is 1. The number of ether oxygens (including phenoxy) is 1. The van der Waals surface area contributed by atoms with Crippen LogP contribution in [0.4, 0.5) is 23.0 Å². The molecule has 0 fully saturated rings. The lowest BCUT2D eigenvalue weighted by atomic mass is 10.2. The summed E-state index contributed by atoms with van der Waals surface area (Å²) in [6.07, 6.45) is 4.40. The lowest BCUT2D eigenvalue weighted by Crippen LogP contribution is -2.30. The highest BCUT2D eigenvalue weighted by molar-refractivity contribution is 5.95. The lowest BCUT2D eigenvalue weighted by molar-refractivity contribution is 0.0962. The molecule has 0 bridgehead atoms. The second-order valence-electron chi connectivity index (χ2n) is 5.16. The SMILES string of the molecule is COc1cccc(Nc2ncnc(NNC(=O)c3ccncc3)c2N)c1. The van der Waals surface area contributed by atoms with Gasteiger partial charge in [-0.2, -0.15) is 0 Å². The Labute approximate surface area is 149 Å². The maximum Gasteiger partial charge on any atom is 0.269 e. The van der Waals surface area contributed by atoms with E-state index in [0.717, 1.165) is 5.69 Å². The smallest absolute Gasteiger partial charge is 0.269 e. The van der Waals surface area contributed by atoms with E-state index in [9.17, 15) is 4.79 Å². The Morgan fingerprint density at radius 2 is 1.88 bits per heavy atom. The van der Waals surface area contributed by atoms with Crippen molar-refractivity contribution in [3.8, 4) is 5.75 Å². The van der Waals surface area contributed by atoms with Gasteiger partial charge in [-0.15, -0.1) is 0 Å². The largest absolute Gasteiger partial charge is 0.497 e. The minimum Gasteiger partial charge on any atom is -0.497 e. The summed E-state index contributed by atoms with van der Waals surface area (Å²) < 4.78 is 5.19. The molecular formula is C17H17N7O2. The van der Waals surface area contributed by atoms with Crippen molar-refractivity contribution >= 4 is 28.9 Å². The van der Waals surface area contributed by atoms with Gasteiger partial charge in [0.15, 0.2) is 11.6 Å². The summed E-state index contributed by atoms with van der Waals surface area (Å²) in [5.41, 5.74) is 12.8. The lowest BCUT2D eigenvalue weighted by Gasteiger charge is -2.13. The number of nitrogens with two attached hydrogens (primary N) is 1. The molecule has 2 heterocycles. The summed E-state index contributed by atoms with van der Waals surface area (Å²) >= 11 is 0. The number of nitrogens with one attached hydrogen (secondary N) is 3. The van der Waals surface area contributed by atoms with Gasteiger partial charge in [-0.05, 0) is 24.3 Å². The van der Waals surface area contributed by atoms with Crippen LogP contribution >= 0.6 is 0 Å². The van der Waals surface area contributed by atoms with Crippen LogP contribution in [0.15, 0.2) is 55.1 Å². The van der Waals surface area contributed by atoms with Crippen molar-refractivity contribution < 1.29 is 9.53 Å². The highest BCUT2D eigenvalue weighted by atomic mass is 16.5. The van der Waals surface area contributed by atoms with Crippen LogP contribution in [-0.4, -0.2) is 28.0 Å². The second kappa shape index (κ2) is 7.79. The number of hydrogen-bond donors (Lipinski definition) is 4. The topological polar surface area (TPSA) is 127 Å². The Morgan fingerprint density at radius 3 is 2.65 bits per heavy atom. The molecule has 9 heteroatoms. The first-order chi connectivity index (χ1) is 12.7. The zero-order chi connectivity index (χ0) is 18.4. The van der Waals surface area contributed by atoms with Crippen LogP contribution in [0, 0.1) is 0 Å². The molecule has 0 saturated carbocycles. The number of nitrogens with zero attached hydrogens (tertiary/aromatic N) is 3. The highest BCUT2D eigenvalue weighted by Gasteiger charge is 2.10. The first-order valence-corrected chi connectivity index (χ1v) is 7.65. The first kappa shape index (κ1) is 17.0. The molecule has 9 nitrogen and oxygen atoms in total. The molecule has 3 rings (SSSR count). The number of hydrogen-bond acceptors (Lipinski definition) is 8. The Morgan fingerprint density at radius 1 is 1.12 bits per heavy atom. The van der Waals surface area contributed by atoms with E-state index < -0.39 is 0 Å². The summed E-state index contributed by atoms with van der Waals surface area (Å²) in [7, 11) is 1.59. The molecule has 0 saturated heterocycles. The number of methoxy groups -OCH3 is 1. The molecular weight excluding hydrogens is 334 g/mol. The predicted octanol–water partition coefficient (Wildman–Crippen LogP) is 1.96. The van der Waals surface area contributed by atoms with E-state index in [2.05, 4.69) is 31.1 Å². The summed E-state index contributed by atoms with van der Waals surface area (Å²) in [4.78, 5) is 24.1. The monoisotopic (exact) mass is 351 g/mol. The van der Waals surface area contributed by atoms with Gasteiger partial charge in [0.1, 0.15) is 17.8 Å². The summed E-state index contributed by atoms with van der Waals surface area (Å²) in [6.45, 7) is 0. The standard InChI is InChI=1S/C17H17N7O2/c1-26-13-4-2-3-12(9-13)22-15-14(18)16(21-10-20-15)23-24-17(25)11-5-7-19-8-6-11/h2-10H,18H2,1H3,(H,24,25)(H2,20,21,22,23). The van der Waals surface area contributed by atoms with Gasteiger partial charge in [-0.3, -0.25) is 20.6 Å². The van der Waals surface area contributed by atoms with E-state index in [0.29, 0.717) is 17.1 Å². The average molecular weight is 351 g/mol. The van der Waals surface area contributed by atoms with Crippen LogP contribution in [0.1, 0.15) is 10.4 Å². The van der Waals surface area contributed by atoms with Crippen LogP contribution in [0.3, 0.4) is 0 Å². The fourth-order valence-electron chi connectivity index (χ4n) is 2.12. The molecule has 0 aliphatic heterocycles. The molecule has 132 valence electrons.